The molecule has 0 radical (unpaired) electrons. The highest BCUT2D eigenvalue weighted by Crippen LogP contribution is 2.13. The Kier molecular flexibility index (Phi) is 4.25. The van der Waals surface area contributed by atoms with Gasteiger partial charge in [-0.05, 0) is 36.2 Å². The van der Waals surface area contributed by atoms with Crippen LogP contribution in [0.2, 0.25) is 0 Å². The number of rotatable bonds is 5. The second kappa shape index (κ2) is 6.12. The summed E-state index contributed by atoms with van der Waals surface area (Å²) in [6, 6.07) is 8.24. The minimum absolute atomic E-state index is 0.284. The van der Waals surface area contributed by atoms with Crippen molar-refractivity contribution in [1.82, 2.24) is 15.3 Å². The Bertz CT molecular complexity index is 487. The molecule has 0 fully saturated rings. The molecule has 0 aliphatic rings. The lowest BCUT2D eigenvalue weighted by molar-refractivity contribution is 0.397. The van der Waals surface area contributed by atoms with Crippen LogP contribution < -0.4 is 10.1 Å². The van der Waals surface area contributed by atoms with Gasteiger partial charge in [0.15, 0.2) is 0 Å². The van der Waals surface area contributed by atoms with E-state index in [-0.39, 0.29) is 6.04 Å². The Morgan fingerprint density at radius 2 is 2.00 bits per heavy atom. The number of methoxy groups -OCH3 is 1. The van der Waals surface area contributed by atoms with E-state index in [4.69, 9.17) is 4.74 Å². The number of aromatic nitrogens is 2. The van der Waals surface area contributed by atoms with Gasteiger partial charge in [0.05, 0.1) is 7.11 Å². The molecule has 1 unspecified atom stereocenters. The highest BCUT2D eigenvalue weighted by molar-refractivity contribution is 5.21. The fourth-order valence-electron chi connectivity index (χ4n) is 1.71. The molecule has 0 saturated carbocycles. The molecular weight excluding hydrogens is 226 g/mol. The standard InChI is InChI=1S/C14H17N3O/c1-11(13-4-6-15-7-5-13)17-10-12-3-8-16-14(9-12)18-2/h3-9,11,17H,10H2,1-2H3. The number of nitrogens with zero attached hydrogens (tertiary/aromatic N) is 2. The molecule has 0 spiro atoms. The average molecular weight is 243 g/mol. The smallest absolute Gasteiger partial charge is 0.213 e. The summed E-state index contributed by atoms with van der Waals surface area (Å²) in [5.41, 5.74) is 2.38. The first kappa shape index (κ1) is 12.5. The number of hydrogen-bond acceptors (Lipinski definition) is 4. The van der Waals surface area contributed by atoms with E-state index in [1.54, 1.807) is 13.3 Å². The summed E-state index contributed by atoms with van der Waals surface area (Å²) in [7, 11) is 1.62. The van der Waals surface area contributed by atoms with Crippen molar-refractivity contribution in [3.63, 3.8) is 0 Å². The second-order valence-corrected chi connectivity index (χ2v) is 4.09. The van der Waals surface area contributed by atoms with Crippen LogP contribution in [0.3, 0.4) is 0 Å². The van der Waals surface area contributed by atoms with Crippen LogP contribution in [0.5, 0.6) is 5.88 Å². The first-order valence-electron chi connectivity index (χ1n) is 5.92. The molecule has 94 valence electrons. The third-order valence-corrected chi connectivity index (χ3v) is 2.83. The van der Waals surface area contributed by atoms with E-state index in [1.165, 1.54) is 5.56 Å². The predicted molar refractivity (Wildman–Crippen MR) is 70.3 cm³/mol. The Morgan fingerprint density at radius 1 is 1.22 bits per heavy atom. The third-order valence-electron chi connectivity index (χ3n) is 2.83. The van der Waals surface area contributed by atoms with Gasteiger partial charge >= 0.3 is 0 Å². The van der Waals surface area contributed by atoms with Crippen molar-refractivity contribution in [3.05, 3.63) is 54.0 Å². The maximum Gasteiger partial charge on any atom is 0.213 e. The van der Waals surface area contributed by atoms with Gasteiger partial charge in [-0.25, -0.2) is 4.98 Å². The molecular formula is C14H17N3O. The molecule has 2 aromatic rings. The van der Waals surface area contributed by atoms with Gasteiger partial charge in [-0.15, -0.1) is 0 Å². The Labute approximate surface area is 107 Å². The Morgan fingerprint density at radius 3 is 2.72 bits per heavy atom. The molecule has 1 atom stereocenters. The quantitative estimate of drug-likeness (QED) is 0.875. The third kappa shape index (κ3) is 3.28. The Hall–Kier alpha value is -1.94. The van der Waals surface area contributed by atoms with Gasteiger partial charge in [-0.3, -0.25) is 4.98 Å². The van der Waals surface area contributed by atoms with Gasteiger partial charge in [0, 0.05) is 37.2 Å². The summed E-state index contributed by atoms with van der Waals surface area (Å²) in [6.07, 6.45) is 5.37. The molecule has 0 saturated heterocycles. The molecule has 2 aromatic heterocycles. The lowest BCUT2D eigenvalue weighted by Gasteiger charge is -2.14. The summed E-state index contributed by atoms with van der Waals surface area (Å²) >= 11 is 0. The monoisotopic (exact) mass is 243 g/mol. The summed E-state index contributed by atoms with van der Waals surface area (Å²) in [6.45, 7) is 2.91. The second-order valence-electron chi connectivity index (χ2n) is 4.09. The molecule has 0 aliphatic carbocycles. The van der Waals surface area contributed by atoms with E-state index >= 15 is 0 Å². The molecule has 0 aliphatic heterocycles. The topological polar surface area (TPSA) is 47.0 Å². The van der Waals surface area contributed by atoms with Crippen molar-refractivity contribution in [3.8, 4) is 5.88 Å². The highest BCUT2D eigenvalue weighted by Gasteiger charge is 2.04. The maximum atomic E-state index is 5.10. The zero-order valence-electron chi connectivity index (χ0n) is 10.6. The van der Waals surface area contributed by atoms with Gasteiger partial charge in [0.1, 0.15) is 0 Å². The van der Waals surface area contributed by atoms with Crippen LogP contribution in [-0.2, 0) is 6.54 Å². The van der Waals surface area contributed by atoms with E-state index in [1.807, 2.05) is 36.7 Å². The van der Waals surface area contributed by atoms with E-state index < -0.39 is 0 Å². The zero-order chi connectivity index (χ0) is 12.8. The summed E-state index contributed by atoms with van der Waals surface area (Å²) in [4.78, 5) is 8.10. The van der Waals surface area contributed by atoms with Crippen LogP contribution in [0.25, 0.3) is 0 Å². The van der Waals surface area contributed by atoms with Gasteiger partial charge in [-0.2, -0.15) is 0 Å². The van der Waals surface area contributed by atoms with Gasteiger partial charge in [0.25, 0.3) is 0 Å². The number of hydrogen-bond donors (Lipinski definition) is 1. The van der Waals surface area contributed by atoms with E-state index in [0.29, 0.717) is 5.88 Å². The molecule has 4 nitrogen and oxygen atoms in total. The fourth-order valence-corrected chi connectivity index (χ4v) is 1.71. The van der Waals surface area contributed by atoms with Crippen LogP contribution in [-0.4, -0.2) is 17.1 Å². The lowest BCUT2D eigenvalue weighted by atomic mass is 10.1. The highest BCUT2D eigenvalue weighted by atomic mass is 16.5. The average Bonchev–Trinajstić information content (AvgIpc) is 2.46. The molecule has 2 heterocycles. The molecule has 0 amide bonds. The van der Waals surface area contributed by atoms with Crippen molar-refractivity contribution in [2.45, 2.75) is 19.5 Å². The minimum Gasteiger partial charge on any atom is -0.481 e. The van der Waals surface area contributed by atoms with Crippen molar-refractivity contribution in [1.29, 1.82) is 0 Å². The van der Waals surface area contributed by atoms with Crippen LogP contribution in [0.1, 0.15) is 24.1 Å². The van der Waals surface area contributed by atoms with Crippen molar-refractivity contribution in [2.24, 2.45) is 0 Å². The first-order valence-corrected chi connectivity index (χ1v) is 5.92. The Balaban J connectivity index is 1.95. The predicted octanol–water partition coefficient (Wildman–Crippen LogP) is 2.34. The largest absolute Gasteiger partial charge is 0.481 e. The van der Waals surface area contributed by atoms with E-state index in [2.05, 4.69) is 22.2 Å². The van der Waals surface area contributed by atoms with Crippen LogP contribution in [0.4, 0.5) is 0 Å². The van der Waals surface area contributed by atoms with Gasteiger partial charge in [-0.1, -0.05) is 0 Å². The van der Waals surface area contributed by atoms with Crippen LogP contribution in [0.15, 0.2) is 42.9 Å². The van der Waals surface area contributed by atoms with E-state index in [0.717, 1.165) is 12.1 Å². The number of pyridine rings is 2. The summed E-state index contributed by atoms with van der Waals surface area (Å²) in [5.74, 6) is 0.644. The van der Waals surface area contributed by atoms with Crippen LogP contribution >= 0.6 is 0 Å². The summed E-state index contributed by atoms with van der Waals surface area (Å²) in [5, 5.41) is 3.46. The molecule has 0 aromatic carbocycles. The molecule has 4 heteroatoms. The number of ether oxygens (including phenoxy) is 1. The van der Waals surface area contributed by atoms with Crippen molar-refractivity contribution < 1.29 is 4.74 Å². The van der Waals surface area contributed by atoms with Crippen molar-refractivity contribution in [2.75, 3.05) is 7.11 Å². The molecule has 0 bridgehead atoms. The first-order chi connectivity index (χ1) is 8.79. The lowest BCUT2D eigenvalue weighted by Crippen LogP contribution is -2.18. The number of nitrogens with one attached hydrogen (secondary N) is 1. The van der Waals surface area contributed by atoms with Gasteiger partial charge < -0.3 is 10.1 Å². The van der Waals surface area contributed by atoms with Gasteiger partial charge in [0.2, 0.25) is 5.88 Å². The SMILES string of the molecule is COc1cc(CNC(C)c2ccncc2)ccn1. The van der Waals surface area contributed by atoms with Crippen LogP contribution in [0, 0.1) is 0 Å². The normalized spacial score (nSPS) is 12.1. The molecule has 18 heavy (non-hydrogen) atoms. The minimum atomic E-state index is 0.284. The zero-order valence-corrected chi connectivity index (χ0v) is 10.6. The van der Waals surface area contributed by atoms with Crippen molar-refractivity contribution >= 4 is 0 Å². The van der Waals surface area contributed by atoms with E-state index in [9.17, 15) is 0 Å². The fraction of sp³-hybridized carbons (Fsp3) is 0.286. The maximum absolute atomic E-state index is 5.10. The molecule has 2 rings (SSSR count). The summed E-state index contributed by atoms with van der Waals surface area (Å²) < 4.78 is 5.10. The molecule has 1 N–H and O–H groups in total.